The summed E-state index contributed by atoms with van der Waals surface area (Å²) in [5.41, 5.74) is 1.63. The third kappa shape index (κ3) is 3.69. The van der Waals surface area contributed by atoms with E-state index in [1.54, 1.807) is 6.92 Å². The first-order valence-electron chi connectivity index (χ1n) is 4.08. The standard InChI is InChI=1S/C10H18O2/c1-7(2)9(6-11)5-10(12)8(3)4/h9-12H,1,3,5-6H2,2,4H3/t9-,10-/m1/s1. The summed E-state index contributed by atoms with van der Waals surface area (Å²) in [6, 6.07) is 0. The first-order chi connectivity index (χ1) is 5.49. The molecule has 0 amide bonds. The zero-order valence-corrected chi connectivity index (χ0v) is 7.88. The molecule has 2 heteroatoms. The molecule has 0 fully saturated rings. The lowest BCUT2D eigenvalue weighted by molar-refractivity contribution is 0.153. The molecule has 0 aliphatic heterocycles. The Balaban J connectivity index is 4.02. The van der Waals surface area contributed by atoms with Gasteiger partial charge in [0.25, 0.3) is 0 Å². The van der Waals surface area contributed by atoms with Crippen molar-refractivity contribution in [2.24, 2.45) is 5.92 Å². The van der Waals surface area contributed by atoms with Gasteiger partial charge in [0.1, 0.15) is 0 Å². The van der Waals surface area contributed by atoms with Crippen LogP contribution in [0.4, 0.5) is 0 Å². The summed E-state index contributed by atoms with van der Waals surface area (Å²) in [4.78, 5) is 0. The molecule has 0 saturated heterocycles. The molecular weight excluding hydrogens is 152 g/mol. The fraction of sp³-hybridized carbons (Fsp3) is 0.600. The normalized spacial score (nSPS) is 15.3. The van der Waals surface area contributed by atoms with E-state index >= 15 is 0 Å². The van der Waals surface area contributed by atoms with Gasteiger partial charge in [-0.05, 0) is 20.3 Å². The zero-order valence-electron chi connectivity index (χ0n) is 7.88. The Hall–Kier alpha value is -0.600. The largest absolute Gasteiger partial charge is 0.396 e. The van der Waals surface area contributed by atoms with E-state index in [-0.39, 0.29) is 12.5 Å². The summed E-state index contributed by atoms with van der Waals surface area (Å²) in [6.07, 6.45) is -0.0138. The second-order valence-corrected chi connectivity index (χ2v) is 3.32. The van der Waals surface area contributed by atoms with Crippen LogP contribution in [-0.4, -0.2) is 22.9 Å². The van der Waals surface area contributed by atoms with Crippen molar-refractivity contribution in [2.75, 3.05) is 6.61 Å². The predicted octanol–water partition coefficient (Wildman–Crippen LogP) is 1.50. The fourth-order valence-electron chi connectivity index (χ4n) is 0.902. The molecule has 0 aromatic carbocycles. The van der Waals surface area contributed by atoms with E-state index in [2.05, 4.69) is 13.2 Å². The minimum Gasteiger partial charge on any atom is -0.396 e. The molecule has 0 aromatic heterocycles. The van der Waals surface area contributed by atoms with E-state index in [1.807, 2.05) is 6.92 Å². The Morgan fingerprint density at radius 3 is 2.00 bits per heavy atom. The molecule has 2 N–H and O–H groups in total. The molecule has 0 radical (unpaired) electrons. The van der Waals surface area contributed by atoms with Gasteiger partial charge in [-0.3, -0.25) is 0 Å². The van der Waals surface area contributed by atoms with Gasteiger partial charge in [0, 0.05) is 12.5 Å². The lowest BCUT2D eigenvalue weighted by atomic mass is 9.94. The van der Waals surface area contributed by atoms with Crippen molar-refractivity contribution < 1.29 is 10.2 Å². The maximum atomic E-state index is 9.43. The summed E-state index contributed by atoms with van der Waals surface area (Å²) in [5.74, 6) is -0.0169. The molecule has 12 heavy (non-hydrogen) atoms. The van der Waals surface area contributed by atoms with Gasteiger partial charge in [-0.1, -0.05) is 24.3 Å². The predicted molar refractivity (Wildman–Crippen MR) is 50.8 cm³/mol. The number of aliphatic hydroxyl groups is 2. The molecule has 2 atom stereocenters. The SMILES string of the molecule is C=C(C)[C@@H](CO)C[C@@H](O)C(=C)C. The summed E-state index contributed by atoms with van der Waals surface area (Å²) < 4.78 is 0. The van der Waals surface area contributed by atoms with Crippen LogP contribution in [0.1, 0.15) is 20.3 Å². The Bertz CT molecular complexity index is 173. The Labute approximate surface area is 74.2 Å². The third-order valence-corrected chi connectivity index (χ3v) is 1.99. The van der Waals surface area contributed by atoms with Gasteiger partial charge >= 0.3 is 0 Å². The van der Waals surface area contributed by atoms with Gasteiger partial charge in [0.2, 0.25) is 0 Å². The number of hydrogen-bond acceptors (Lipinski definition) is 2. The van der Waals surface area contributed by atoms with Crippen LogP contribution in [0.5, 0.6) is 0 Å². The molecule has 0 aliphatic carbocycles. The topological polar surface area (TPSA) is 40.5 Å². The molecule has 0 bridgehead atoms. The van der Waals surface area contributed by atoms with Crippen molar-refractivity contribution >= 4 is 0 Å². The van der Waals surface area contributed by atoms with Gasteiger partial charge < -0.3 is 10.2 Å². The molecule has 0 aromatic rings. The zero-order chi connectivity index (χ0) is 9.72. The van der Waals surface area contributed by atoms with Crippen LogP contribution in [0.2, 0.25) is 0 Å². The van der Waals surface area contributed by atoms with Crippen LogP contribution >= 0.6 is 0 Å². The Kier molecular flexibility index (Phi) is 4.86. The maximum absolute atomic E-state index is 9.43. The summed E-state index contributed by atoms with van der Waals surface area (Å²) in [7, 11) is 0. The first-order valence-corrected chi connectivity index (χ1v) is 4.08. The van der Waals surface area contributed by atoms with Crippen LogP contribution in [0.15, 0.2) is 24.3 Å². The first kappa shape index (κ1) is 11.4. The smallest absolute Gasteiger partial charge is 0.0751 e. The van der Waals surface area contributed by atoms with E-state index in [4.69, 9.17) is 5.11 Å². The highest BCUT2D eigenvalue weighted by Crippen LogP contribution is 2.17. The third-order valence-electron chi connectivity index (χ3n) is 1.99. The number of aliphatic hydroxyl groups excluding tert-OH is 2. The van der Waals surface area contributed by atoms with E-state index in [1.165, 1.54) is 0 Å². The molecular formula is C10H18O2. The number of hydrogen-bond donors (Lipinski definition) is 2. The van der Waals surface area contributed by atoms with Gasteiger partial charge in [-0.15, -0.1) is 0 Å². The van der Waals surface area contributed by atoms with Gasteiger partial charge in [-0.25, -0.2) is 0 Å². The maximum Gasteiger partial charge on any atom is 0.0751 e. The quantitative estimate of drug-likeness (QED) is 0.614. The molecule has 2 nitrogen and oxygen atoms in total. The van der Waals surface area contributed by atoms with Crippen molar-refractivity contribution in [3.05, 3.63) is 24.3 Å². The molecule has 0 spiro atoms. The highest BCUT2D eigenvalue weighted by atomic mass is 16.3. The monoisotopic (exact) mass is 170 g/mol. The van der Waals surface area contributed by atoms with Crippen LogP contribution in [0.25, 0.3) is 0 Å². The summed E-state index contributed by atoms with van der Waals surface area (Å²) in [6.45, 7) is 11.0. The minimum absolute atomic E-state index is 0.0169. The van der Waals surface area contributed by atoms with E-state index in [0.29, 0.717) is 6.42 Å². The molecule has 70 valence electrons. The second-order valence-electron chi connectivity index (χ2n) is 3.32. The number of rotatable bonds is 5. The van der Waals surface area contributed by atoms with E-state index in [0.717, 1.165) is 11.1 Å². The lowest BCUT2D eigenvalue weighted by Crippen LogP contribution is -2.17. The van der Waals surface area contributed by atoms with Gasteiger partial charge in [0.05, 0.1) is 6.10 Å². The molecule has 0 heterocycles. The highest BCUT2D eigenvalue weighted by molar-refractivity contribution is 5.03. The van der Waals surface area contributed by atoms with Gasteiger partial charge in [0.15, 0.2) is 0 Å². The van der Waals surface area contributed by atoms with Crippen molar-refractivity contribution in [3.8, 4) is 0 Å². The van der Waals surface area contributed by atoms with Crippen molar-refractivity contribution in [3.63, 3.8) is 0 Å². The van der Waals surface area contributed by atoms with Gasteiger partial charge in [-0.2, -0.15) is 0 Å². The van der Waals surface area contributed by atoms with Crippen LogP contribution in [-0.2, 0) is 0 Å². The average molecular weight is 170 g/mol. The fourth-order valence-corrected chi connectivity index (χ4v) is 0.902. The molecule has 0 aliphatic rings. The van der Waals surface area contributed by atoms with E-state index in [9.17, 15) is 5.11 Å². The van der Waals surface area contributed by atoms with Crippen molar-refractivity contribution in [2.45, 2.75) is 26.4 Å². The van der Waals surface area contributed by atoms with Crippen molar-refractivity contribution in [1.29, 1.82) is 0 Å². The lowest BCUT2D eigenvalue weighted by Gasteiger charge is -2.18. The Morgan fingerprint density at radius 1 is 1.25 bits per heavy atom. The summed E-state index contributed by atoms with van der Waals surface area (Å²) >= 11 is 0. The Morgan fingerprint density at radius 2 is 1.75 bits per heavy atom. The molecule has 0 saturated carbocycles. The average Bonchev–Trinajstić information content (AvgIpc) is 1.98. The highest BCUT2D eigenvalue weighted by Gasteiger charge is 2.14. The van der Waals surface area contributed by atoms with Crippen LogP contribution in [0.3, 0.4) is 0 Å². The minimum atomic E-state index is -0.529. The summed E-state index contributed by atoms with van der Waals surface area (Å²) in [5, 5.41) is 18.4. The van der Waals surface area contributed by atoms with Crippen LogP contribution in [0, 0.1) is 5.92 Å². The molecule has 0 rings (SSSR count). The molecule has 0 unspecified atom stereocenters. The van der Waals surface area contributed by atoms with Crippen molar-refractivity contribution in [1.82, 2.24) is 0 Å². The second kappa shape index (κ2) is 5.12. The van der Waals surface area contributed by atoms with E-state index < -0.39 is 6.10 Å². The van der Waals surface area contributed by atoms with Crippen LogP contribution < -0.4 is 0 Å².